The fourth-order valence-electron chi connectivity index (χ4n) is 3.15. The van der Waals surface area contributed by atoms with Gasteiger partial charge >= 0.3 is 0 Å². The largest absolute Gasteiger partial charge is 0.281 e. The van der Waals surface area contributed by atoms with Crippen LogP contribution in [0.4, 0.5) is 8.78 Å². The summed E-state index contributed by atoms with van der Waals surface area (Å²) in [5, 5.41) is 3.87. The summed E-state index contributed by atoms with van der Waals surface area (Å²) < 4.78 is 27.5. The minimum absolute atomic E-state index is 0.0938. The number of halogens is 2. The Bertz CT molecular complexity index is 809. The lowest BCUT2D eigenvalue weighted by Gasteiger charge is -2.19. The van der Waals surface area contributed by atoms with E-state index in [1.807, 2.05) is 6.07 Å². The summed E-state index contributed by atoms with van der Waals surface area (Å²) in [6, 6.07) is 5.54. The number of nitrogens with one attached hydrogen (secondary N) is 1. The van der Waals surface area contributed by atoms with Crippen molar-refractivity contribution in [2.45, 2.75) is 39.5 Å². The molecule has 1 N–H and O–H groups in total. The number of rotatable bonds is 4. The van der Waals surface area contributed by atoms with E-state index >= 15 is 0 Å². The topological polar surface area (TPSA) is 41.5 Å². The number of carbonyl (C=O) groups is 1. The lowest BCUT2D eigenvalue weighted by Crippen LogP contribution is -2.19. The van der Waals surface area contributed by atoms with Crippen LogP contribution in [-0.4, -0.2) is 11.6 Å². The van der Waals surface area contributed by atoms with E-state index in [2.05, 4.69) is 17.5 Å². The van der Waals surface area contributed by atoms with Crippen molar-refractivity contribution in [1.82, 2.24) is 5.43 Å². The van der Waals surface area contributed by atoms with Gasteiger partial charge in [0.25, 0.3) is 5.91 Å². The number of hydrogen-bond acceptors (Lipinski definition) is 3. The Morgan fingerprint density at radius 1 is 1.36 bits per heavy atom. The van der Waals surface area contributed by atoms with Crippen molar-refractivity contribution in [2.24, 2.45) is 11.0 Å². The molecule has 0 saturated heterocycles. The maximum Gasteiger partial charge on any atom is 0.281 e. The van der Waals surface area contributed by atoms with Crippen LogP contribution in [0.5, 0.6) is 0 Å². The van der Waals surface area contributed by atoms with Gasteiger partial charge in [0.15, 0.2) is 0 Å². The van der Waals surface area contributed by atoms with Gasteiger partial charge in [-0.2, -0.15) is 5.10 Å². The summed E-state index contributed by atoms with van der Waals surface area (Å²) in [6.07, 6.45) is 4.33. The summed E-state index contributed by atoms with van der Waals surface area (Å²) in [7, 11) is 0. The highest BCUT2D eigenvalue weighted by molar-refractivity contribution is 7.14. The summed E-state index contributed by atoms with van der Waals surface area (Å²) in [5.74, 6) is -1.06. The average molecular weight is 362 g/mol. The van der Waals surface area contributed by atoms with Crippen molar-refractivity contribution in [3.63, 3.8) is 0 Å². The summed E-state index contributed by atoms with van der Waals surface area (Å²) in [6.45, 7) is 3.65. The van der Waals surface area contributed by atoms with Gasteiger partial charge in [0, 0.05) is 4.88 Å². The number of benzene rings is 1. The second-order valence-corrected chi connectivity index (χ2v) is 7.45. The maximum absolute atomic E-state index is 13.7. The number of amides is 1. The van der Waals surface area contributed by atoms with Crippen LogP contribution < -0.4 is 5.43 Å². The number of thiophene rings is 1. The molecule has 0 unspecified atom stereocenters. The molecule has 1 aliphatic rings. The highest BCUT2D eigenvalue weighted by Crippen LogP contribution is 2.33. The molecule has 6 heteroatoms. The zero-order valence-corrected chi connectivity index (χ0v) is 15.1. The van der Waals surface area contributed by atoms with E-state index in [0.717, 1.165) is 37.8 Å². The lowest BCUT2D eigenvalue weighted by molar-refractivity contribution is 0.0958. The van der Waals surface area contributed by atoms with E-state index in [-0.39, 0.29) is 17.2 Å². The smallest absolute Gasteiger partial charge is 0.266 e. The van der Waals surface area contributed by atoms with E-state index in [1.54, 1.807) is 0 Å². The van der Waals surface area contributed by atoms with E-state index < -0.39 is 11.6 Å². The number of hydrogen-bond donors (Lipinski definition) is 1. The van der Waals surface area contributed by atoms with Crippen LogP contribution in [0.2, 0.25) is 0 Å². The van der Waals surface area contributed by atoms with Crippen LogP contribution in [0, 0.1) is 17.6 Å². The standard InChI is InChI=1S/C19H20F2N2OS/c1-3-12-7-8-16-13(9-12)10-17(25-16)19(24)23-22-11(2)18-14(20)5-4-6-15(18)21/h4-6,10,12H,3,7-9H2,1-2H3,(H,23,24)/b22-11-/t12-/m1/s1. The van der Waals surface area contributed by atoms with Gasteiger partial charge in [0.05, 0.1) is 16.2 Å². The first-order valence-corrected chi connectivity index (χ1v) is 9.21. The molecule has 0 radical (unpaired) electrons. The number of fused-ring (bicyclic) bond motifs is 1. The van der Waals surface area contributed by atoms with E-state index in [0.29, 0.717) is 10.8 Å². The maximum atomic E-state index is 13.7. The molecule has 1 aromatic heterocycles. The Morgan fingerprint density at radius 3 is 2.76 bits per heavy atom. The van der Waals surface area contributed by atoms with Gasteiger partial charge in [-0.1, -0.05) is 19.4 Å². The Morgan fingerprint density at radius 2 is 2.08 bits per heavy atom. The van der Waals surface area contributed by atoms with Gasteiger partial charge in [-0.15, -0.1) is 11.3 Å². The first-order valence-electron chi connectivity index (χ1n) is 8.40. The fourth-order valence-corrected chi connectivity index (χ4v) is 4.25. The third kappa shape index (κ3) is 3.79. The Labute approximate surface area is 149 Å². The molecular formula is C19H20F2N2OS. The molecule has 25 heavy (non-hydrogen) atoms. The van der Waals surface area contributed by atoms with Gasteiger partial charge in [-0.25, -0.2) is 14.2 Å². The Hall–Kier alpha value is -2.08. The quantitative estimate of drug-likeness (QED) is 0.622. The van der Waals surface area contributed by atoms with Crippen molar-refractivity contribution in [2.75, 3.05) is 0 Å². The fraction of sp³-hybridized carbons (Fsp3) is 0.368. The lowest BCUT2D eigenvalue weighted by atomic mass is 9.87. The van der Waals surface area contributed by atoms with Crippen LogP contribution in [0.25, 0.3) is 0 Å². The highest BCUT2D eigenvalue weighted by atomic mass is 32.1. The van der Waals surface area contributed by atoms with E-state index in [9.17, 15) is 13.6 Å². The molecule has 2 aromatic rings. The van der Waals surface area contributed by atoms with E-state index in [1.165, 1.54) is 34.8 Å². The molecule has 3 rings (SSSR count). The third-order valence-electron chi connectivity index (χ3n) is 4.64. The number of hydrazone groups is 1. The van der Waals surface area contributed by atoms with Crippen LogP contribution >= 0.6 is 11.3 Å². The van der Waals surface area contributed by atoms with Crippen LogP contribution in [0.15, 0.2) is 29.4 Å². The van der Waals surface area contributed by atoms with Gasteiger partial charge in [0.1, 0.15) is 11.6 Å². The predicted octanol–water partition coefficient (Wildman–Crippen LogP) is 4.70. The summed E-state index contributed by atoms with van der Waals surface area (Å²) >= 11 is 1.48. The second-order valence-electron chi connectivity index (χ2n) is 6.31. The van der Waals surface area contributed by atoms with Crippen LogP contribution in [0.1, 0.15) is 52.4 Å². The van der Waals surface area contributed by atoms with Crippen molar-refractivity contribution in [3.05, 3.63) is 56.8 Å². The Balaban J connectivity index is 1.74. The summed E-state index contributed by atoms with van der Waals surface area (Å²) in [5.41, 5.74) is 3.53. The zero-order chi connectivity index (χ0) is 18.0. The molecule has 132 valence electrons. The minimum atomic E-state index is -0.701. The molecule has 1 aliphatic carbocycles. The number of carbonyl (C=O) groups excluding carboxylic acids is 1. The van der Waals surface area contributed by atoms with Gasteiger partial charge < -0.3 is 0 Å². The minimum Gasteiger partial charge on any atom is -0.266 e. The number of nitrogens with zero attached hydrogens (tertiary/aromatic N) is 1. The van der Waals surface area contributed by atoms with Gasteiger partial charge in [0.2, 0.25) is 0 Å². The van der Waals surface area contributed by atoms with Gasteiger partial charge in [-0.05, 0) is 55.9 Å². The van der Waals surface area contributed by atoms with E-state index in [4.69, 9.17) is 0 Å². The average Bonchev–Trinajstić information content (AvgIpc) is 3.02. The van der Waals surface area contributed by atoms with Crippen molar-refractivity contribution >= 4 is 23.0 Å². The second kappa shape index (κ2) is 7.44. The predicted molar refractivity (Wildman–Crippen MR) is 96.2 cm³/mol. The van der Waals surface area contributed by atoms with Crippen LogP contribution in [-0.2, 0) is 12.8 Å². The molecule has 1 heterocycles. The molecule has 0 bridgehead atoms. The molecule has 1 atom stereocenters. The molecule has 0 fully saturated rings. The molecule has 0 aliphatic heterocycles. The molecule has 1 amide bonds. The van der Waals surface area contributed by atoms with Crippen molar-refractivity contribution in [1.29, 1.82) is 0 Å². The highest BCUT2D eigenvalue weighted by Gasteiger charge is 2.22. The Kier molecular flexibility index (Phi) is 5.27. The third-order valence-corrected chi connectivity index (χ3v) is 5.87. The van der Waals surface area contributed by atoms with Crippen molar-refractivity contribution < 1.29 is 13.6 Å². The first kappa shape index (κ1) is 17.7. The molecule has 3 nitrogen and oxygen atoms in total. The SMILES string of the molecule is CC[C@@H]1CCc2sc(C(=O)N/N=C(/C)c3c(F)cccc3F)cc2C1. The zero-order valence-electron chi connectivity index (χ0n) is 14.2. The molecular weight excluding hydrogens is 342 g/mol. The molecule has 1 aromatic carbocycles. The van der Waals surface area contributed by atoms with Crippen molar-refractivity contribution in [3.8, 4) is 0 Å². The first-order chi connectivity index (χ1) is 12.0. The van der Waals surface area contributed by atoms with Crippen LogP contribution in [0.3, 0.4) is 0 Å². The number of aryl methyl sites for hydroxylation is 1. The monoisotopic (exact) mass is 362 g/mol. The summed E-state index contributed by atoms with van der Waals surface area (Å²) in [4.78, 5) is 14.2. The van der Waals surface area contributed by atoms with Gasteiger partial charge in [-0.3, -0.25) is 4.79 Å². The molecule has 0 spiro atoms. The normalized spacial score (nSPS) is 17.3. The molecule has 0 saturated carbocycles.